The van der Waals surface area contributed by atoms with Crippen LogP contribution in [0, 0.1) is 0 Å². The molecule has 1 aromatic carbocycles. The molecule has 0 saturated heterocycles. The number of benzene rings is 1. The molecule has 0 bridgehead atoms. The van der Waals surface area contributed by atoms with Crippen molar-refractivity contribution in [3.05, 3.63) is 33.8 Å². The first-order valence-electron chi connectivity index (χ1n) is 4.29. The minimum atomic E-state index is -3.83. The second kappa shape index (κ2) is 4.26. The summed E-state index contributed by atoms with van der Waals surface area (Å²) in [5, 5.41) is 8.42. The van der Waals surface area contributed by atoms with Crippen molar-refractivity contribution in [3.8, 4) is 0 Å². The Bertz CT molecular complexity index is 391. The van der Waals surface area contributed by atoms with Gasteiger partial charge in [0.05, 0.1) is 0 Å². The highest BCUT2D eigenvalue weighted by atomic mass is 79.9. The number of aliphatic carboxylic acids is 1. The molecule has 0 fully saturated rings. The van der Waals surface area contributed by atoms with Gasteiger partial charge in [0.1, 0.15) is 0 Å². The van der Waals surface area contributed by atoms with Gasteiger partial charge in [-0.3, -0.25) is 0 Å². The number of hydrogen-bond donors (Lipinski definition) is 1. The molecular weight excluding hydrogens is 270 g/mol. The van der Waals surface area contributed by atoms with Crippen molar-refractivity contribution in [1.29, 1.82) is 0 Å². The Morgan fingerprint density at radius 2 is 2.13 bits per heavy atom. The molecule has 0 atom stereocenters. The average molecular weight is 279 g/mol. The predicted octanol–water partition coefficient (Wildman–Crippen LogP) is 3.19. The van der Waals surface area contributed by atoms with Crippen LogP contribution in [-0.2, 0) is 17.1 Å². The molecule has 0 radical (unpaired) electrons. The lowest BCUT2D eigenvalue weighted by Crippen LogP contribution is -2.26. The van der Waals surface area contributed by atoms with Gasteiger partial charge < -0.3 is 5.11 Å². The molecule has 0 aliphatic heterocycles. The van der Waals surface area contributed by atoms with Crippen LogP contribution in [-0.4, -0.2) is 11.1 Å². The fourth-order valence-electron chi connectivity index (χ4n) is 1.28. The van der Waals surface area contributed by atoms with E-state index < -0.39 is 17.5 Å². The Kier molecular flexibility index (Phi) is 3.44. The van der Waals surface area contributed by atoms with Crippen LogP contribution in [0.4, 0.5) is 8.78 Å². The molecule has 0 aliphatic rings. The van der Waals surface area contributed by atoms with Gasteiger partial charge in [-0.15, -0.1) is 0 Å². The number of alkyl halides is 2. The number of carbonyl (C=O) groups is 1. The zero-order valence-electron chi connectivity index (χ0n) is 7.93. The molecule has 2 nitrogen and oxygen atoms in total. The summed E-state index contributed by atoms with van der Waals surface area (Å²) >= 11 is 3.15. The number of carboxylic acid groups (broad SMARTS) is 1. The molecule has 1 rings (SSSR count). The minimum absolute atomic E-state index is 0.330. The molecule has 0 saturated carbocycles. The largest absolute Gasteiger partial charge is 0.477 e. The van der Waals surface area contributed by atoms with Gasteiger partial charge in [0.2, 0.25) is 0 Å². The number of halogens is 3. The summed E-state index contributed by atoms with van der Waals surface area (Å²) in [5.74, 6) is -5.95. The van der Waals surface area contributed by atoms with E-state index in [0.29, 0.717) is 16.5 Å². The van der Waals surface area contributed by atoms with E-state index in [2.05, 4.69) is 15.9 Å². The lowest BCUT2D eigenvalue weighted by Gasteiger charge is -2.15. The van der Waals surface area contributed by atoms with E-state index in [-0.39, 0.29) is 0 Å². The Morgan fingerprint density at radius 1 is 1.53 bits per heavy atom. The summed E-state index contributed by atoms with van der Waals surface area (Å²) in [5.41, 5.74) is -0.113. The van der Waals surface area contributed by atoms with Gasteiger partial charge in [0.25, 0.3) is 0 Å². The summed E-state index contributed by atoms with van der Waals surface area (Å²) in [6, 6.07) is 4.05. The van der Waals surface area contributed by atoms with Crippen LogP contribution in [0.2, 0.25) is 0 Å². The van der Waals surface area contributed by atoms with Crippen molar-refractivity contribution in [2.45, 2.75) is 19.3 Å². The molecule has 0 amide bonds. The average Bonchev–Trinajstić information content (AvgIpc) is 2.16. The first kappa shape index (κ1) is 12.1. The van der Waals surface area contributed by atoms with Crippen LogP contribution in [0.1, 0.15) is 18.1 Å². The van der Waals surface area contributed by atoms with Gasteiger partial charge >= 0.3 is 11.9 Å². The molecule has 0 aromatic heterocycles. The van der Waals surface area contributed by atoms with Gasteiger partial charge in [-0.25, -0.2) is 4.79 Å². The third-order valence-electron chi connectivity index (χ3n) is 2.06. The lowest BCUT2D eigenvalue weighted by molar-refractivity contribution is -0.166. The summed E-state index contributed by atoms with van der Waals surface area (Å²) in [6.07, 6.45) is 0.359. The Morgan fingerprint density at radius 3 is 2.60 bits per heavy atom. The number of aryl methyl sites for hydroxylation is 1. The van der Waals surface area contributed by atoms with Crippen molar-refractivity contribution < 1.29 is 18.7 Å². The normalized spacial score (nSPS) is 11.5. The third-order valence-corrected chi connectivity index (χ3v) is 2.55. The minimum Gasteiger partial charge on any atom is -0.477 e. The van der Waals surface area contributed by atoms with Gasteiger partial charge in [-0.1, -0.05) is 28.9 Å². The monoisotopic (exact) mass is 278 g/mol. The Hall–Kier alpha value is -0.970. The highest BCUT2D eigenvalue weighted by Gasteiger charge is 2.42. The Labute approximate surface area is 94.0 Å². The second-order valence-electron chi connectivity index (χ2n) is 3.03. The molecule has 1 N–H and O–H groups in total. The summed E-state index contributed by atoms with van der Waals surface area (Å²) in [6.45, 7) is 1.70. The maximum Gasteiger partial charge on any atom is 0.379 e. The smallest absolute Gasteiger partial charge is 0.379 e. The lowest BCUT2D eigenvalue weighted by atomic mass is 10.00. The van der Waals surface area contributed by atoms with Crippen molar-refractivity contribution >= 4 is 21.9 Å². The zero-order chi connectivity index (χ0) is 11.6. The van der Waals surface area contributed by atoms with E-state index in [4.69, 9.17) is 5.11 Å². The third kappa shape index (κ3) is 2.34. The molecule has 82 valence electrons. The second-order valence-corrected chi connectivity index (χ2v) is 3.95. The van der Waals surface area contributed by atoms with Gasteiger partial charge in [0, 0.05) is 10.0 Å². The first-order chi connectivity index (χ1) is 6.89. The van der Waals surface area contributed by atoms with Crippen molar-refractivity contribution in [2.75, 3.05) is 0 Å². The zero-order valence-corrected chi connectivity index (χ0v) is 9.51. The van der Waals surface area contributed by atoms with E-state index in [1.807, 2.05) is 0 Å². The fraction of sp³-hybridized carbons (Fsp3) is 0.300. The van der Waals surface area contributed by atoms with Crippen LogP contribution in [0.25, 0.3) is 0 Å². The van der Waals surface area contributed by atoms with E-state index in [1.165, 1.54) is 12.1 Å². The molecule has 1 aromatic rings. The summed E-state index contributed by atoms with van der Waals surface area (Å²) < 4.78 is 27.1. The standard InChI is InChI=1S/C10H9BrF2O2/c1-2-6-5-7(11)3-4-8(6)10(12,13)9(14)15/h3-5H,2H2,1H3,(H,14,15). The predicted molar refractivity (Wildman–Crippen MR) is 55.0 cm³/mol. The molecular formula is C10H9BrF2O2. The number of rotatable bonds is 3. The quantitative estimate of drug-likeness (QED) is 0.922. The van der Waals surface area contributed by atoms with Crippen LogP contribution in [0.5, 0.6) is 0 Å². The van der Waals surface area contributed by atoms with Crippen molar-refractivity contribution in [2.24, 2.45) is 0 Å². The van der Waals surface area contributed by atoms with Gasteiger partial charge in [0.15, 0.2) is 0 Å². The molecule has 0 heterocycles. The SMILES string of the molecule is CCc1cc(Br)ccc1C(F)(F)C(=O)O. The van der Waals surface area contributed by atoms with Crippen LogP contribution in [0.15, 0.2) is 22.7 Å². The molecule has 5 heteroatoms. The maximum absolute atomic E-state index is 13.2. The number of hydrogen-bond acceptors (Lipinski definition) is 1. The van der Waals surface area contributed by atoms with E-state index in [1.54, 1.807) is 6.92 Å². The topological polar surface area (TPSA) is 37.3 Å². The van der Waals surface area contributed by atoms with Crippen LogP contribution < -0.4 is 0 Å². The maximum atomic E-state index is 13.2. The van der Waals surface area contributed by atoms with Crippen LogP contribution in [0.3, 0.4) is 0 Å². The Balaban J connectivity index is 3.31. The molecule has 0 unspecified atom stereocenters. The van der Waals surface area contributed by atoms with Gasteiger partial charge in [-0.05, 0) is 24.1 Å². The molecule has 15 heavy (non-hydrogen) atoms. The van der Waals surface area contributed by atoms with Crippen molar-refractivity contribution in [3.63, 3.8) is 0 Å². The molecule has 0 spiro atoms. The van der Waals surface area contributed by atoms with Crippen LogP contribution >= 0.6 is 15.9 Å². The van der Waals surface area contributed by atoms with E-state index in [0.717, 1.165) is 6.07 Å². The summed E-state index contributed by atoms with van der Waals surface area (Å²) in [4.78, 5) is 10.4. The van der Waals surface area contributed by atoms with E-state index in [9.17, 15) is 13.6 Å². The highest BCUT2D eigenvalue weighted by molar-refractivity contribution is 9.10. The van der Waals surface area contributed by atoms with Gasteiger partial charge in [-0.2, -0.15) is 8.78 Å². The number of carboxylic acids is 1. The summed E-state index contributed by atoms with van der Waals surface area (Å²) in [7, 11) is 0. The van der Waals surface area contributed by atoms with Crippen molar-refractivity contribution in [1.82, 2.24) is 0 Å². The highest BCUT2D eigenvalue weighted by Crippen LogP contribution is 2.32. The first-order valence-corrected chi connectivity index (χ1v) is 5.09. The van der Waals surface area contributed by atoms with E-state index >= 15 is 0 Å². The fourth-order valence-corrected chi connectivity index (χ4v) is 1.68. The molecule has 0 aliphatic carbocycles.